The van der Waals surface area contributed by atoms with Crippen molar-refractivity contribution in [1.29, 1.82) is 0 Å². The van der Waals surface area contributed by atoms with Crippen LogP contribution in [0.2, 0.25) is 0 Å². The minimum absolute atomic E-state index is 0.0326. The third-order valence-electron chi connectivity index (χ3n) is 7.75. The summed E-state index contributed by atoms with van der Waals surface area (Å²) in [4.78, 5) is 27.6. The van der Waals surface area contributed by atoms with Gasteiger partial charge in [-0.15, -0.1) is 0 Å². The molecule has 4 aromatic rings. The fraction of sp³-hybridized carbons (Fsp3) is 0.344. The van der Waals surface area contributed by atoms with Crippen LogP contribution in [0.1, 0.15) is 45.0 Å². The summed E-state index contributed by atoms with van der Waals surface area (Å²) in [6.45, 7) is 9.84. The van der Waals surface area contributed by atoms with Gasteiger partial charge in [0.25, 0.3) is 5.01 Å². The Morgan fingerprint density at radius 3 is 2.08 bits per heavy atom. The molecule has 1 aliphatic heterocycles. The molecule has 2 N–H and O–H groups in total. The van der Waals surface area contributed by atoms with E-state index in [0.717, 1.165) is 69.0 Å². The van der Waals surface area contributed by atoms with E-state index in [1.165, 1.54) is 10.8 Å². The van der Waals surface area contributed by atoms with Crippen LogP contribution in [0, 0.1) is 0 Å². The first kappa shape index (κ1) is 27.6. The molecule has 0 aliphatic carbocycles. The predicted molar refractivity (Wildman–Crippen MR) is 161 cm³/mol. The van der Waals surface area contributed by atoms with Gasteiger partial charge in [-0.3, -0.25) is 9.59 Å². The largest absolute Gasteiger partial charge is 0.481 e. The number of allylic oxidation sites excluding steroid dienone is 2. The normalized spacial score (nSPS) is 15.5. The molecule has 0 unspecified atom stereocenters. The molecule has 7 nitrogen and oxygen atoms in total. The highest BCUT2D eigenvalue weighted by molar-refractivity contribution is 7.20. The summed E-state index contributed by atoms with van der Waals surface area (Å²) in [6.07, 6.45) is 3.32. The number of thiazole rings is 1. The van der Waals surface area contributed by atoms with Crippen molar-refractivity contribution in [2.75, 3.05) is 26.2 Å². The monoisotopic (exact) mass is 558 g/mol. The molecule has 0 spiro atoms. The number of aliphatic carboxylic acids is 2. The van der Waals surface area contributed by atoms with Crippen LogP contribution in [0.5, 0.6) is 0 Å². The zero-order valence-corrected chi connectivity index (χ0v) is 24.1. The molecule has 1 saturated heterocycles. The average Bonchev–Trinajstić information content (AvgIpc) is 3.51. The van der Waals surface area contributed by atoms with Crippen LogP contribution in [0.25, 0.3) is 37.8 Å². The van der Waals surface area contributed by atoms with E-state index in [0.29, 0.717) is 13.1 Å². The van der Waals surface area contributed by atoms with Crippen molar-refractivity contribution in [3.05, 3.63) is 70.5 Å². The smallest absolute Gasteiger partial charge is 0.309 e. The second-order valence-electron chi connectivity index (χ2n) is 10.4. The van der Waals surface area contributed by atoms with Gasteiger partial charge in [-0.2, -0.15) is 4.57 Å². The molecular formula is C32H36N3O4S+. The van der Waals surface area contributed by atoms with Crippen molar-refractivity contribution in [2.45, 2.75) is 46.6 Å². The third-order valence-corrected chi connectivity index (χ3v) is 8.91. The molecule has 0 saturated carbocycles. The van der Waals surface area contributed by atoms with E-state index in [9.17, 15) is 19.8 Å². The molecular weight excluding hydrogens is 522 g/mol. The van der Waals surface area contributed by atoms with Crippen LogP contribution in [-0.4, -0.2) is 58.1 Å². The second-order valence-corrected chi connectivity index (χ2v) is 11.4. The van der Waals surface area contributed by atoms with Gasteiger partial charge in [0.15, 0.2) is 6.54 Å². The van der Waals surface area contributed by atoms with Crippen molar-refractivity contribution < 1.29 is 24.4 Å². The molecule has 208 valence electrons. The van der Waals surface area contributed by atoms with Gasteiger partial charge in [-0.05, 0) is 48.3 Å². The van der Waals surface area contributed by atoms with Gasteiger partial charge < -0.3 is 20.0 Å². The minimum Gasteiger partial charge on any atom is -0.481 e. The molecule has 1 aromatic heterocycles. The number of carboxylic acids is 2. The SMILES string of the molecule is CCCN1CCN(CCC(=O)O)C1=C(C)C(C)=Cc1sc2c3ccccc3c3ccccc3c2[n+]1CCC(=O)O. The van der Waals surface area contributed by atoms with E-state index < -0.39 is 11.9 Å². The minimum atomic E-state index is -0.822. The van der Waals surface area contributed by atoms with E-state index in [-0.39, 0.29) is 12.8 Å². The van der Waals surface area contributed by atoms with Gasteiger partial charge in [-0.25, -0.2) is 0 Å². The van der Waals surface area contributed by atoms with E-state index in [1.54, 1.807) is 11.3 Å². The van der Waals surface area contributed by atoms with Crippen molar-refractivity contribution >= 4 is 61.1 Å². The lowest BCUT2D eigenvalue weighted by Gasteiger charge is -2.27. The molecule has 0 bridgehead atoms. The number of benzene rings is 3. The molecule has 5 rings (SSSR count). The molecule has 40 heavy (non-hydrogen) atoms. The Balaban J connectivity index is 1.70. The first-order valence-electron chi connectivity index (χ1n) is 13.9. The third kappa shape index (κ3) is 5.28. The van der Waals surface area contributed by atoms with Crippen molar-refractivity contribution in [3.63, 3.8) is 0 Å². The average molecular weight is 559 g/mol. The maximum absolute atomic E-state index is 11.7. The van der Waals surface area contributed by atoms with Crippen molar-refractivity contribution in [2.24, 2.45) is 0 Å². The zero-order valence-electron chi connectivity index (χ0n) is 23.3. The van der Waals surface area contributed by atoms with Gasteiger partial charge in [0.2, 0.25) is 5.52 Å². The molecule has 0 amide bonds. The number of hydrogen-bond acceptors (Lipinski definition) is 5. The number of hydrogen-bond donors (Lipinski definition) is 2. The number of carboxylic acid groups (broad SMARTS) is 2. The Labute approximate surface area is 238 Å². The van der Waals surface area contributed by atoms with Crippen molar-refractivity contribution in [3.8, 4) is 0 Å². The molecule has 1 aliphatic rings. The number of aryl methyl sites for hydroxylation is 1. The maximum Gasteiger partial charge on any atom is 0.309 e. The summed E-state index contributed by atoms with van der Waals surface area (Å²) in [5.41, 5.74) is 3.28. The van der Waals surface area contributed by atoms with Crippen molar-refractivity contribution in [1.82, 2.24) is 9.80 Å². The number of rotatable bonds is 10. The topological polar surface area (TPSA) is 85.0 Å². The lowest BCUT2D eigenvalue weighted by molar-refractivity contribution is -0.667. The Kier molecular flexibility index (Phi) is 8.07. The highest BCUT2D eigenvalue weighted by atomic mass is 32.1. The first-order valence-corrected chi connectivity index (χ1v) is 14.7. The highest BCUT2D eigenvalue weighted by Gasteiger charge is 2.28. The standard InChI is InChI=1S/C32H35N3O4S/c1-4-15-33-18-19-34(16-13-28(36)37)32(33)22(3)21(2)20-27-35(17-14-29(38)39)30-25-11-7-5-9-23(25)24-10-6-8-12-26(24)31(30)40-27/h5-12,20H,4,13-19H2,1-3H3,(H-,36,37,38,39)/p+1. The van der Waals surface area contributed by atoms with Crippen LogP contribution in [0.15, 0.2) is 65.5 Å². The second kappa shape index (κ2) is 11.7. The van der Waals surface area contributed by atoms with E-state index in [1.807, 2.05) is 6.07 Å². The first-order chi connectivity index (χ1) is 19.3. The molecule has 0 atom stereocenters. The van der Waals surface area contributed by atoms with E-state index in [4.69, 9.17) is 0 Å². The number of carbonyl (C=O) groups is 2. The van der Waals surface area contributed by atoms with Gasteiger partial charge in [0, 0.05) is 37.6 Å². The van der Waals surface area contributed by atoms with Crippen LogP contribution in [-0.2, 0) is 16.1 Å². The Morgan fingerprint density at radius 1 is 0.875 bits per heavy atom. The van der Waals surface area contributed by atoms with Gasteiger partial charge in [-0.1, -0.05) is 60.7 Å². The lowest BCUT2D eigenvalue weighted by atomic mass is 10.0. The van der Waals surface area contributed by atoms with Crippen LogP contribution < -0.4 is 4.57 Å². The van der Waals surface area contributed by atoms with Crippen LogP contribution in [0.4, 0.5) is 0 Å². The zero-order chi connectivity index (χ0) is 28.4. The maximum atomic E-state index is 11.7. The summed E-state index contributed by atoms with van der Waals surface area (Å²) in [5.74, 6) is -0.509. The molecule has 1 fully saturated rings. The summed E-state index contributed by atoms with van der Waals surface area (Å²) >= 11 is 1.70. The fourth-order valence-corrected chi connectivity index (χ4v) is 7.14. The summed E-state index contributed by atoms with van der Waals surface area (Å²) < 4.78 is 3.32. The Bertz CT molecular complexity index is 1670. The fourth-order valence-electron chi connectivity index (χ4n) is 5.80. The number of nitrogens with zero attached hydrogens (tertiary/aromatic N) is 3. The van der Waals surface area contributed by atoms with Crippen LogP contribution in [0.3, 0.4) is 0 Å². The molecule has 8 heteroatoms. The molecule has 3 aromatic carbocycles. The Hall–Kier alpha value is -3.91. The number of aromatic nitrogens is 1. The predicted octanol–water partition coefficient (Wildman–Crippen LogP) is 6.11. The highest BCUT2D eigenvalue weighted by Crippen LogP contribution is 2.38. The van der Waals surface area contributed by atoms with E-state index >= 15 is 0 Å². The van der Waals surface area contributed by atoms with E-state index in [2.05, 4.69) is 83.7 Å². The molecule has 0 radical (unpaired) electrons. The van der Waals surface area contributed by atoms with Gasteiger partial charge in [0.05, 0.1) is 11.8 Å². The van der Waals surface area contributed by atoms with Crippen LogP contribution >= 0.6 is 11.3 Å². The summed E-state index contributed by atoms with van der Waals surface area (Å²) in [5, 5.41) is 24.5. The lowest BCUT2D eigenvalue weighted by Crippen LogP contribution is -2.36. The summed E-state index contributed by atoms with van der Waals surface area (Å²) in [7, 11) is 0. The summed E-state index contributed by atoms with van der Waals surface area (Å²) in [6, 6.07) is 16.8. The molecule has 2 heterocycles. The number of fused-ring (bicyclic) bond motifs is 6. The quantitative estimate of drug-likeness (QED) is 0.181. The Morgan fingerprint density at radius 2 is 1.45 bits per heavy atom. The van der Waals surface area contributed by atoms with Gasteiger partial charge in [0.1, 0.15) is 16.9 Å². The van der Waals surface area contributed by atoms with Gasteiger partial charge >= 0.3 is 11.9 Å².